The molecule has 0 bridgehead atoms. The van der Waals surface area contributed by atoms with Gasteiger partial charge in [-0.3, -0.25) is 9.78 Å². The molecule has 68 valence electrons. The largest absolute Gasteiger partial charge is 0.327 e. The molecule has 0 saturated carbocycles. The zero-order valence-electron chi connectivity index (χ0n) is 7.53. The first kappa shape index (κ1) is 9.61. The van der Waals surface area contributed by atoms with Crippen molar-refractivity contribution in [2.75, 3.05) is 6.54 Å². The highest BCUT2D eigenvalue weighted by atomic mass is 16.1. The number of pyridine rings is 1. The number of rotatable bonds is 3. The third kappa shape index (κ3) is 2.80. The summed E-state index contributed by atoms with van der Waals surface area (Å²) in [5.74, 6) is -0.0191. The number of Topliss-reactive ketones (excluding diaryl/α,β-unsaturated/α-hetero) is 1. The maximum atomic E-state index is 10.9. The van der Waals surface area contributed by atoms with E-state index in [0.717, 1.165) is 5.56 Å². The molecule has 0 spiro atoms. The van der Waals surface area contributed by atoms with Gasteiger partial charge in [0, 0.05) is 19.7 Å². The fourth-order valence-electron chi connectivity index (χ4n) is 0.916. The smallest absolute Gasteiger partial charge is 0.178 e. The van der Waals surface area contributed by atoms with Crippen LogP contribution < -0.4 is 5.73 Å². The van der Waals surface area contributed by atoms with Gasteiger partial charge in [0.1, 0.15) is 5.69 Å². The van der Waals surface area contributed by atoms with Gasteiger partial charge < -0.3 is 5.73 Å². The number of nitrogens with zero attached hydrogens (tertiary/aromatic N) is 1. The molecular formula is C10H12N2O. The molecule has 1 heterocycles. The molecule has 3 heteroatoms. The van der Waals surface area contributed by atoms with Gasteiger partial charge in [0.2, 0.25) is 0 Å². The average molecular weight is 176 g/mol. The van der Waals surface area contributed by atoms with Crippen LogP contribution in [0, 0.1) is 0 Å². The highest BCUT2D eigenvalue weighted by molar-refractivity contribution is 5.92. The van der Waals surface area contributed by atoms with E-state index in [1.165, 1.54) is 6.92 Å². The second kappa shape index (κ2) is 4.52. The van der Waals surface area contributed by atoms with E-state index in [1.54, 1.807) is 12.3 Å². The number of nitrogens with two attached hydrogens (primary N) is 1. The third-order valence-corrected chi connectivity index (χ3v) is 1.59. The van der Waals surface area contributed by atoms with Gasteiger partial charge >= 0.3 is 0 Å². The number of aromatic nitrogens is 1. The summed E-state index contributed by atoms with van der Waals surface area (Å²) in [5, 5.41) is 0. The van der Waals surface area contributed by atoms with E-state index in [-0.39, 0.29) is 5.78 Å². The van der Waals surface area contributed by atoms with Crippen LogP contribution in [0.25, 0.3) is 6.08 Å². The van der Waals surface area contributed by atoms with Crippen molar-refractivity contribution in [1.29, 1.82) is 0 Å². The minimum absolute atomic E-state index is 0.0191. The van der Waals surface area contributed by atoms with Gasteiger partial charge in [-0.1, -0.05) is 18.2 Å². The summed E-state index contributed by atoms with van der Waals surface area (Å²) in [5.41, 5.74) is 6.74. The van der Waals surface area contributed by atoms with Crippen LogP contribution in [0.5, 0.6) is 0 Å². The van der Waals surface area contributed by atoms with E-state index in [4.69, 9.17) is 5.73 Å². The van der Waals surface area contributed by atoms with Crippen molar-refractivity contribution in [3.05, 3.63) is 35.7 Å². The molecule has 0 aromatic carbocycles. The van der Waals surface area contributed by atoms with Crippen LogP contribution in [0.2, 0.25) is 0 Å². The number of carbonyl (C=O) groups is 1. The Labute approximate surface area is 77.3 Å². The maximum Gasteiger partial charge on any atom is 0.178 e. The predicted octanol–water partition coefficient (Wildman–Crippen LogP) is 1.26. The van der Waals surface area contributed by atoms with E-state index in [2.05, 4.69) is 4.98 Å². The van der Waals surface area contributed by atoms with Crippen LogP contribution in [-0.2, 0) is 0 Å². The normalized spacial score (nSPS) is 10.6. The van der Waals surface area contributed by atoms with E-state index in [1.807, 2.05) is 18.2 Å². The molecule has 1 aromatic heterocycles. The first-order valence-electron chi connectivity index (χ1n) is 4.07. The summed E-state index contributed by atoms with van der Waals surface area (Å²) >= 11 is 0. The Bertz CT molecular complexity index is 314. The summed E-state index contributed by atoms with van der Waals surface area (Å²) in [7, 11) is 0. The Hall–Kier alpha value is -1.48. The van der Waals surface area contributed by atoms with Crippen LogP contribution >= 0.6 is 0 Å². The second-order valence-electron chi connectivity index (χ2n) is 2.67. The lowest BCUT2D eigenvalue weighted by molar-refractivity contribution is 0.101. The molecule has 1 rings (SSSR count). The summed E-state index contributed by atoms with van der Waals surface area (Å²) in [6, 6.07) is 3.55. The fraction of sp³-hybridized carbons (Fsp3) is 0.200. The summed E-state index contributed by atoms with van der Waals surface area (Å²) in [6.45, 7) is 2.01. The molecule has 13 heavy (non-hydrogen) atoms. The standard InChI is InChI=1S/C10H12N2O/c1-8(13)10-5-4-9(7-12-10)3-2-6-11/h2-5,7H,6,11H2,1H3. The highest BCUT2D eigenvalue weighted by Crippen LogP contribution is 2.02. The molecule has 0 fully saturated rings. The number of hydrogen-bond acceptors (Lipinski definition) is 3. The zero-order chi connectivity index (χ0) is 9.68. The van der Waals surface area contributed by atoms with Crippen LogP contribution in [0.1, 0.15) is 23.0 Å². The molecule has 3 nitrogen and oxygen atoms in total. The predicted molar refractivity (Wildman–Crippen MR) is 52.3 cm³/mol. The lowest BCUT2D eigenvalue weighted by Gasteiger charge is -1.95. The van der Waals surface area contributed by atoms with Crippen molar-refractivity contribution < 1.29 is 4.79 Å². The third-order valence-electron chi connectivity index (χ3n) is 1.59. The zero-order valence-corrected chi connectivity index (χ0v) is 7.53. The topological polar surface area (TPSA) is 56.0 Å². The molecule has 0 aliphatic rings. The monoisotopic (exact) mass is 176 g/mol. The molecule has 0 aliphatic carbocycles. The molecule has 0 saturated heterocycles. The Kier molecular flexibility index (Phi) is 3.34. The van der Waals surface area contributed by atoms with Crippen molar-refractivity contribution in [3.8, 4) is 0 Å². The molecule has 0 atom stereocenters. The number of hydrogen-bond donors (Lipinski definition) is 1. The van der Waals surface area contributed by atoms with Crippen LogP contribution in [0.4, 0.5) is 0 Å². The SMILES string of the molecule is CC(=O)c1ccc(C=CCN)cn1. The Morgan fingerprint density at radius 3 is 2.85 bits per heavy atom. The Morgan fingerprint density at radius 1 is 1.62 bits per heavy atom. The van der Waals surface area contributed by atoms with Crippen LogP contribution in [0.3, 0.4) is 0 Å². The fourth-order valence-corrected chi connectivity index (χ4v) is 0.916. The van der Waals surface area contributed by atoms with Gasteiger partial charge in [-0.25, -0.2) is 0 Å². The molecular weight excluding hydrogens is 164 g/mol. The van der Waals surface area contributed by atoms with Crippen molar-refractivity contribution in [3.63, 3.8) is 0 Å². The van der Waals surface area contributed by atoms with Crippen molar-refractivity contribution >= 4 is 11.9 Å². The Balaban J connectivity index is 2.81. The van der Waals surface area contributed by atoms with Gasteiger partial charge in [0.25, 0.3) is 0 Å². The van der Waals surface area contributed by atoms with Crippen LogP contribution in [-0.4, -0.2) is 17.3 Å². The van der Waals surface area contributed by atoms with E-state index >= 15 is 0 Å². The molecule has 0 aliphatic heterocycles. The molecule has 2 N–H and O–H groups in total. The highest BCUT2D eigenvalue weighted by Gasteiger charge is 1.98. The van der Waals surface area contributed by atoms with Crippen LogP contribution in [0.15, 0.2) is 24.4 Å². The van der Waals surface area contributed by atoms with Gasteiger partial charge in [-0.15, -0.1) is 0 Å². The molecule has 1 aromatic rings. The Morgan fingerprint density at radius 2 is 2.38 bits per heavy atom. The van der Waals surface area contributed by atoms with E-state index in [9.17, 15) is 4.79 Å². The van der Waals surface area contributed by atoms with E-state index < -0.39 is 0 Å². The number of carbonyl (C=O) groups excluding carboxylic acids is 1. The first-order valence-corrected chi connectivity index (χ1v) is 4.07. The van der Waals surface area contributed by atoms with Crippen molar-refractivity contribution in [2.45, 2.75) is 6.92 Å². The minimum atomic E-state index is -0.0191. The minimum Gasteiger partial charge on any atom is -0.327 e. The summed E-state index contributed by atoms with van der Waals surface area (Å²) in [4.78, 5) is 14.9. The maximum absolute atomic E-state index is 10.9. The number of ketones is 1. The molecule has 0 amide bonds. The quantitative estimate of drug-likeness (QED) is 0.705. The first-order chi connectivity index (χ1) is 6.24. The lowest BCUT2D eigenvalue weighted by atomic mass is 10.2. The average Bonchev–Trinajstić information content (AvgIpc) is 2.15. The lowest BCUT2D eigenvalue weighted by Crippen LogP contribution is -1.96. The second-order valence-corrected chi connectivity index (χ2v) is 2.67. The molecule has 0 unspecified atom stereocenters. The van der Waals surface area contributed by atoms with E-state index in [0.29, 0.717) is 12.2 Å². The summed E-state index contributed by atoms with van der Waals surface area (Å²) in [6.07, 6.45) is 5.37. The van der Waals surface area contributed by atoms with Crippen molar-refractivity contribution in [1.82, 2.24) is 4.98 Å². The van der Waals surface area contributed by atoms with Crippen molar-refractivity contribution in [2.24, 2.45) is 5.73 Å². The van der Waals surface area contributed by atoms with Gasteiger partial charge in [0.05, 0.1) is 0 Å². The van der Waals surface area contributed by atoms with Gasteiger partial charge in [-0.05, 0) is 11.6 Å². The summed E-state index contributed by atoms with van der Waals surface area (Å²) < 4.78 is 0. The molecule has 0 radical (unpaired) electrons. The van der Waals surface area contributed by atoms with Gasteiger partial charge in [0.15, 0.2) is 5.78 Å². The van der Waals surface area contributed by atoms with Gasteiger partial charge in [-0.2, -0.15) is 0 Å².